The molecule has 1 N–H and O–H groups in total. The molecule has 1 saturated heterocycles. The summed E-state index contributed by atoms with van der Waals surface area (Å²) in [6.45, 7) is 1.86. The highest BCUT2D eigenvalue weighted by atomic mass is 19.1. The molecule has 0 aliphatic carbocycles. The van der Waals surface area contributed by atoms with Crippen LogP contribution in [0.3, 0.4) is 0 Å². The number of aryl methyl sites for hydroxylation is 1. The number of hydrogen-bond donors (Lipinski definition) is 1. The van der Waals surface area contributed by atoms with E-state index in [-0.39, 0.29) is 5.56 Å². The first-order valence-electron chi connectivity index (χ1n) is 9.41. The smallest absolute Gasteiger partial charge is 0.258 e. The minimum absolute atomic E-state index is 0.00256. The Kier molecular flexibility index (Phi) is 5.06. The Hall–Kier alpha value is -3.22. The van der Waals surface area contributed by atoms with Crippen LogP contribution in [0.1, 0.15) is 29.6 Å². The first kappa shape index (κ1) is 18.2. The summed E-state index contributed by atoms with van der Waals surface area (Å²) in [6.07, 6.45) is 10.3. The van der Waals surface area contributed by atoms with Crippen LogP contribution in [0.15, 0.2) is 49.1 Å². The number of piperidine rings is 1. The number of nitrogens with one attached hydrogen (secondary N) is 1. The summed E-state index contributed by atoms with van der Waals surface area (Å²) in [4.78, 5) is 19.3. The number of halogens is 1. The summed E-state index contributed by atoms with van der Waals surface area (Å²) in [6, 6.07) is 6.28. The summed E-state index contributed by atoms with van der Waals surface area (Å²) in [7, 11) is 1.81. The highest BCUT2D eigenvalue weighted by Gasteiger charge is 2.19. The maximum absolute atomic E-state index is 14.4. The van der Waals surface area contributed by atoms with Crippen molar-refractivity contribution in [3.05, 3.63) is 60.4 Å². The van der Waals surface area contributed by atoms with Gasteiger partial charge in [-0.25, -0.2) is 4.39 Å². The van der Waals surface area contributed by atoms with Crippen molar-refractivity contribution < 1.29 is 9.18 Å². The van der Waals surface area contributed by atoms with E-state index in [1.165, 1.54) is 12.5 Å². The molecule has 0 radical (unpaired) electrons. The first-order chi connectivity index (χ1) is 13.6. The molecule has 1 amide bonds. The molecule has 0 spiro atoms. The third kappa shape index (κ3) is 3.74. The van der Waals surface area contributed by atoms with Gasteiger partial charge in [0.25, 0.3) is 5.91 Å². The molecule has 4 rings (SSSR count). The van der Waals surface area contributed by atoms with Crippen molar-refractivity contribution in [2.75, 3.05) is 23.3 Å². The first-order valence-corrected chi connectivity index (χ1v) is 9.41. The Morgan fingerprint density at radius 1 is 1.11 bits per heavy atom. The van der Waals surface area contributed by atoms with Crippen LogP contribution in [-0.4, -0.2) is 33.8 Å². The molecular weight excluding hydrogens is 357 g/mol. The second-order valence-electron chi connectivity index (χ2n) is 6.99. The largest absolute Gasteiger partial charge is 0.369 e. The minimum atomic E-state index is -0.557. The zero-order chi connectivity index (χ0) is 19.5. The summed E-state index contributed by atoms with van der Waals surface area (Å²) in [5.41, 5.74) is 3.09. The van der Waals surface area contributed by atoms with Gasteiger partial charge in [-0.05, 0) is 43.0 Å². The normalized spacial score (nSPS) is 14.1. The van der Waals surface area contributed by atoms with Crippen LogP contribution >= 0.6 is 0 Å². The number of aromatic nitrogens is 3. The molecule has 1 aliphatic rings. The second-order valence-corrected chi connectivity index (χ2v) is 6.99. The zero-order valence-electron chi connectivity index (χ0n) is 15.7. The summed E-state index contributed by atoms with van der Waals surface area (Å²) in [5, 5.41) is 7.00. The van der Waals surface area contributed by atoms with Crippen molar-refractivity contribution in [3.63, 3.8) is 0 Å². The van der Waals surface area contributed by atoms with Crippen LogP contribution in [0.4, 0.5) is 15.8 Å². The molecule has 0 bridgehead atoms. The standard InChI is InChI=1S/C21H22FN5O/c1-26-14-16(12-24-26)15-5-6-18(22)17(11-15)21(28)25-19-7-8-23-13-20(19)27-9-3-2-4-10-27/h5-8,11-14H,2-4,9-10H2,1H3,(H,23,25,28). The Bertz CT molecular complexity index is 994. The van der Waals surface area contributed by atoms with E-state index < -0.39 is 11.7 Å². The molecule has 2 aromatic heterocycles. The van der Waals surface area contributed by atoms with Crippen molar-refractivity contribution in [2.45, 2.75) is 19.3 Å². The van der Waals surface area contributed by atoms with E-state index in [1.54, 1.807) is 41.5 Å². The number of pyridine rings is 1. The lowest BCUT2D eigenvalue weighted by Gasteiger charge is -2.30. The average Bonchev–Trinajstić information content (AvgIpc) is 3.15. The van der Waals surface area contributed by atoms with Gasteiger partial charge in [-0.2, -0.15) is 5.10 Å². The molecular formula is C21H22FN5O. The number of anilines is 2. The molecule has 28 heavy (non-hydrogen) atoms. The van der Waals surface area contributed by atoms with Gasteiger partial charge < -0.3 is 10.2 Å². The van der Waals surface area contributed by atoms with Gasteiger partial charge in [0.15, 0.2) is 0 Å². The monoisotopic (exact) mass is 379 g/mol. The van der Waals surface area contributed by atoms with Gasteiger partial charge in [0.05, 0.1) is 29.3 Å². The Morgan fingerprint density at radius 3 is 2.68 bits per heavy atom. The number of nitrogens with zero attached hydrogens (tertiary/aromatic N) is 4. The van der Waals surface area contributed by atoms with E-state index >= 15 is 0 Å². The number of benzene rings is 1. The molecule has 1 fully saturated rings. The van der Waals surface area contributed by atoms with Crippen molar-refractivity contribution in [1.82, 2.24) is 14.8 Å². The van der Waals surface area contributed by atoms with Gasteiger partial charge in [0, 0.05) is 38.1 Å². The lowest BCUT2D eigenvalue weighted by molar-refractivity contribution is 0.102. The SMILES string of the molecule is Cn1cc(-c2ccc(F)c(C(=O)Nc3ccncc3N3CCCCC3)c2)cn1. The van der Waals surface area contributed by atoms with E-state index in [1.807, 2.05) is 13.2 Å². The van der Waals surface area contributed by atoms with E-state index in [0.717, 1.165) is 42.7 Å². The van der Waals surface area contributed by atoms with Crippen LogP contribution < -0.4 is 10.2 Å². The fourth-order valence-electron chi connectivity index (χ4n) is 3.52. The van der Waals surface area contributed by atoms with Gasteiger partial charge in [-0.15, -0.1) is 0 Å². The van der Waals surface area contributed by atoms with Crippen molar-refractivity contribution in [3.8, 4) is 11.1 Å². The predicted octanol–water partition coefficient (Wildman–Crippen LogP) is 3.86. The van der Waals surface area contributed by atoms with Crippen molar-refractivity contribution in [2.24, 2.45) is 7.05 Å². The zero-order valence-corrected chi connectivity index (χ0v) is 15.7. The molecule has 144 valence electrons. The third-order valence-electron chi connectivity index (χ3n) is 4.99. The Balaban J connectivity index is 1.61. The van der Waals surface area contributed by atoms with Gasteiger partial charge >= 0.3 is 0 Å². The van der Waals surface area contributed by atoms with Gasteiger partial charge in [0.1, 0.15) is 5.82 Å². The minimum Gasteiger partial charge on any atom is -0.369 e. The lowest BCUT2D eigenvalue weighted by Crippen LogP contribution is -2.30. The molecule has 1 aromatic carbocycles. The van der Waals surface area contributed by atoms with E-state index in [2.05, 4.69) is 20.3 Å². The predicted molar refractivity (Wildman–Crippen MR) is 107 cm³/mol. The third-order valence-corrected chi connectivity index (χ3v) is 4.99. The van der Waals surface area contributed by atoms with Crippen molar-refractivity contribution in [1.29, 1.82) is 0 Å². The highest BCUT2D eigenvalue weighted by Crippen LogP contribution is 2.28. The van der Waals surface area contributed by atoms with Gasteiger partial charge in [-0.3, -0.25) is 14.5 Å². The van der Waals surface area contributed by atoms with Gasteiger partial charge in [0.2, 0.25) is 0 Å². The quantitative estimate of drug-likeness (QED) is 0.748. The molecule has 0 unspecified atom stereocenters. The second kappa shape index (κ2) is 7.80. The average molecular weight is 379 g/mol. The Labute approximate surface area is 163 Å². The highest BCUT2D eigenvalue weighted by molar-refractivity contribution is 6.06. The van der Waals surface area contributed by atoms with E-state index in [4.69, 9.17) is 0 Å². The van der Waals surface area contributed by atoms with Crippen LogP contribution in [-0.2, 0) is 7.05 Å². The molecule has 6 nitrogen and oxygen atoms in total. The maximum atomic E-state index is 14.4. The van der Waals surface area contributed by atoms with Crippen LogP contribution in [0.25, 0.3) is 11.1 Å². The topological polar surface area (TPSA) is 63.1 Å². The fraction of sp³-hybridized carbons (Fsp3) is 0.286. The molecule has 3 heterocycles. The van der Waals surface area contributed by atoms with Crippen LogP contribution in [0.2, 0.25) is 0 Å². The van der Waals surface area contributed by atoms with E-state index in [9.17, 15) is 9.18 Å². The number of rotatable bonds is 4. The summed E-state index contributed by atoms with van der Waals surface area (Å²) < 4.78 is 16.1. The molecule has 0 atom stereocenters. The van der Waals surface area contributed by atoms with E-state index in [0.29, 0.717) is 5.69 Å². The number of amides is 1. The maximum Gasteiger partial charge on any atom is 0.258 e. The number of carbonyl (C=O) groups excluding carboxylic acids is 1. The van der Waals surface area contributed by atoms with Crippen LogP contribution in [0.5, 0.6) is 0 Å². The molecule has 7 heteroatoms. The Morgan fingerprint density at radius 2 is 1.93 bits per heavy atom. The van der Waals surface area contributed by atoms with Gasteiger partial charge in [-0.1, -0.05) is 6.07 Å². The lowest BCUT2D eigenvalue weighted by atomic mass is 10.0. The molecule has 0 saturated carbocycles. The summed E-state index contributed by atoms with van der Waals surface area (Å²) in [5.74, 6) is -1.04. The molecule has 1 aliphatic heterocycles. The fourth-order valence-corrected chi connectivity index (χ4v) is 3.52. The van der Waals surface area contributed by atoms with Crippen molar-refractivity contribution >= 4 is 17.3 Å². The number of carbonyl (C=O) groups is 1. The number of hydrogen-bond acceptors (Lipinski definition) is 4. The molecule has 3 aromatic rings. The van der Waals surface area contributed by atoms with Crippen LogP contribution in [0, 0.1) is 5.82 Å². The summed E-state index contributed by atoms with van der Waals surface area (Å²) >= 11 is 0.